The molecule has 0 unspecified atom stereocenters. The molecule has 0 aliphatic heterocycles. The smallest absolute Gasteiger partial charge is 0.354 e. The van der Waals surface area contributed by atoms with E-state index in [2.05, 4.69) is 9.72 Å². The average Bonchev–Trinajstić information content (AvgIpc) is 3.01. The highest BCUT2D eigenvalue weighted by molar-refractivity contribution is 6.03. The van der Waals surface area contributed by atoms with Gasteiger partial charge in [0.1, 0.15) is 11.4 Å². The summed E-state index contributed by atoms with van der Waals surface area (Å²) in [4.78, 5) is 36.8. The maximum atomic E-state index is 11.7. The molecule has 0 spiro atoms. The minimum Gasteiger partial charge on any atom is -0.491 e. The highest BCUT2D eigenvalue weighted by atomic mass is 16.5. The van der Waals surface area contributed by atoms with Crippen molar-refractivity contribution in [1.29, 1.82) is 0 Å². The van der Waals surface area contributed by atoms with Crippen LogP contribution in [0.25, 0.3) is 10.9 Å². The SMILES string of the molecule is COC(=O)c1cc2c(C)c(C(=O)O)cc(OCCCOC(C)=O)c2[nH]1. The molecule has 0 radical (unpaired) electrons. The van der Waals surface area contributed by atoms with Crippen molar-refractivity contribution in [2.45, 2.75) is 20.3 Å². The van der Waals surface area contributed by atoms with E-state index in [0.29, 0.717) is 28.6 Å². The first-order valence-electron chi connectivity index (χ1n) is 7.59. The highest BCUT2D eigenvalue weighted by Crippen LogP contribution is 2.32. The van der Waals surface area contributed by atoms with Crippen molar-refractivity contribution in [2.75, 3.05) is 20.3 Å². The van der Waals surface area contributed by atoms with E-state index in [1.807, 2.05) is 0 Å². The summed E-state index contributed by atoms with van der Waals surface area (Å²) in [7, 11) is 1.26. The molecule has 0 aliphatic rings. The lowest BCUT2D eigenvalue weighted by atomic mass is 10.0. The summed E-state index contributed by atoms with van der Waals surface area (Å²) in [6.45, 7) is 3.40. The van der Waals surface area contributed by atoms with E-state index in [1.165, 1.54) is 26.2 Å². The number of aromatic amines is 1. The van der Waals surface area contributed by atoms with Crippen molar-refractivity contribution in [3.63, 3.8) is 0 Å². The van der Waals surface area contributed by atoms with Gasteiger partial charge in [0, 0.05) is 18.7 Å². The summed E-state index contributed by atoms with van der Waals surface area (Å²) in [5.74, 6) is -1.73. The monoisotopic (exact) mass is 349 g/mol. The van der Waals surface area contributed by atoms with Crippen molar-refractivity contribution in [2.24, 2.45) is 0 Å². The highest BCUT2D eigenvalue weighted by Gasteiger charge is 2.19. The summed E-state index contributed by atoms with van der Waals surface area (Å²) in [6.07, 6.45) is 0.446. The third-order valence-electron chi connectivity index (χ3n) is 3.63. The molecule has 8 nitrogen and oxygen atoms in total. The molecule has 1 heterocycles. The number of rotatable bonds is 7. The Kier molecular flexibility index (Phi) is 5.63. The second kappa shape index (κ2) is 7.69. The number of aromatic nitrogens is 1. The third-order valence-corrected chi connectivity index (χ3v) is 3.63. The molecule has 0 aliphatic carbocycles. The zero-order chi connectivity index (χ0) is 18.6. The Morgan fingerprint density at radius 2 is 1.92 bits per heavy atom. The first-order chi connectivity index (χ1) is 11.8. The molecule has 0 amide bonds. The molecule has 0 saturated carbocycles. The number of benzene rings is 1. The lowest BCUT2D eigenvalue weighted by Gasteiger charge is -2.11. The lowest BCUT2D eigenvalue weighted by Crippen LogP contribution is -2.07. The first-order valence-corrected chi connectivity index (χ1v) is 7.59. The number of hydrogen-bond acceptors (Lipinski definition) is 6. The molecule has 0 atom stereocenters. The van der Waals surface area contributed by atoms with Gasteiger partial charge in [0.05, 0.1) is 31.4 Å². The molecule has 2 N–H and O–H groups in total. The number of carbonyl (C=O) groups is 3. The van der Waals surface area contributed by atoms with Gasteiger partial charge in [-0.25, -0.2) is 9.59 Å². The number of aryl methyl sites for hydroxylation is 1. The molecule has 0 saturated heterocycles. The number of carboxylic acid groups (broad SMARTS) is 1. The number of nitrogens with one attached hydrogen (secondary N) is 1. The zero-order valence-corrected chi connectivity index (χ0v) is 14.2. The van der Waals surface area contributed by atoms with Crippen LogP contribution in [0.1, 0.15) is 39.8 Å². The van der Waals surface area contributed by atoms with Crippen LogP contribution >= 0.6 is 0 Å². The first kappa shape index (κ1) is 18.3. The van der Waals surface area contributed by atoms with Crippen molar-refractivity contribution in [3.8, 4) is 5.75 Å². The van der Waals surface area contributed by atoms with Gasteiger partial charge in [-0.3, -0.25) is 4.79 Å². The van der Waals surface area contributed by atoms with Crippen molar-refractivity contribution < 1.29 is 33.7 Å². The van der Waals surface area contributed by atoms with Gasteiger partial charge in [0.25, 0.3) is 0 Å². The van der Waals surface area contributed by atoms with E-state index in [-0.39, 0.29) is 30.4 Å². The van der Waals surface area contributed by atoms with Gasteiger partial charge < -0.3 is 24.3 Å². The number of fused-ring (bicyclic) bond motifs is 1. The zero-order valence-electron chi connectivity index (χ0n) is 14.2. The fraction of sp³-hybridized carbons (Fsp3) is 0.353. The number of ether oxygens (including phenoxy) is 3. The minimum atomic E-state index is -1.09. The number of aromatic carboxylic acids is 1. The number of carboxylic acids is 1. The van der Waals surface area contributed by atoms with Crippen LogP contribution in [-0.2, 0) is 14.3 Å². The van der Waals surface area contributed by atoms with E-state index < -0.39 is 11.9 Å². The Hall–Kier alpha value is -3.03. The Morgan fingerprint density at radius 1 is 1.20 bits per heavy atom. The molecule has 2 aromatic rings. The van der Waals surface area contributed by atoms with Gasteiger partial charge in [-0.2, -0.15) is 0 Å². The van der Waals surface area contributed by atoms with Crippen LogP contribution in [-0.4, -0.2) is 48.3 Å². The van der Waals surface area contributed by atoms with E-state index in [9.17, 15) is 19.5 Å². The Balaban J connectivity index is 2.34. The van der Waals surface area contributed by atoms with E-state index in [1.54, 1.807) is 6.92 Å². The van der Waals surface area contributed by atoms with Crippen LogP contribution in [0.2, 0.25) is 0 Å². The summed E-state index contributed by atoms with van der Waals surface area (Å²) in [6, 6.07) is 2.94. The molecule has 0 fully saturated rings. The quantitative estimate of drug-likeness (QED) is 0.582. The van der Waals surface area contributed by atoms with Crippen molar-refractivity contribution in [3.05, 3.63) is 29.0 Å². The van der Waals surface area contributed by atoms with Gasteiger partial charge in [-0.05, 0) is 24.6 Å². The Labute approximate surface area is 143 Å². The van der Waals surface area contributed by atoms with Crippen LogP contribution in [0.4, 0.5) is 0 Å². The van der Waals surface area contributed by atoms with E-state index in [4.69, 9.17) is 9.47 Å². The maximum Gasteiger partial charge on any atom is 0.354 e. The fourth-order valence-electron chi connectivity index (χ4n) is 2.41. The molecule has 1 aromatic carbocycles. The summed E-state index contributed by atoms with van der Waals surface area (Å²) >= 11 is 0. The standard InChI is InChI=1S/C17H19NO7/c1-9-11-7-13(17(22)23-3)18-15(11)14(8-12(9)16(20)21)25-6-4-5-24-10(2)19/h7-8,18H,4-6H2,1-3H3,(H,20,21). The summed E-state index contributed by atoms with van der Waals surface area (Å²) in [5, 5.41) is 9.93. The largest absolute Gasteiger partial charge is 0.491 e. The predicted molar refractivity (Wildman–Crippen MR) is 88.1 cm³/mol. The van der Waals surface area contributed by atoms with Crippen LogP contribution in [0.15, 0.2) is 12.1 Å². The van der Waals surface area contributed by atoms with Gasteiger partial charge in [0.2, 0.25) is 0 Å². The topological polar surface area (TPSA) is 115 Å². The summed E-state index contributed by atoms with van der Waals surface area (Å²) < 4.78 is 15.1. The second-order valence-electron chi connectivity index (χ2n) is 5.36. The third kappa shape index (κ3) is 4.09. The van der Waals surface area contributed by atoms with Crippen LogP contribution in [0, 0.1) is 6.92 Å². The molecule has 2 rings (SSSR count). The molecule has 25 heavy (non-hydrogen) atoms. The predicted octanol–water partition coefficient (Wildman–Crippen LogP) is 2.29. The van der Waals surface area contributed by atoms with Gasteiger partial charge in [-0.1, -0.05) is 0 Å². The minimum absolute atomic E-state index is 0.0814. The Morgan fingerprint density at radius 3 is 2.52 bits per heavy atom. The fourth-order valence-corrected chi connectivity index (χ4v) is 2.41. The number of hydrogen-bond donors (Lipinski definition) is 2. The lowest BCUT2D eigenvalue weighted by molar-refractivity contribution is -0.141. The van der Waals surface area contributed by atoms with E-state index in [0.717, 1.165) is 0 Å². The molecular formula is C17H19NO7. The number of methoxy groups -OCH3 is 1. The van der Waals surface area contributed by atoms with Crippen LogP contribution in [0.3, 0.4) is 0 Å². The molecule has 1 aromatic heterocycles. The number of esters is 2. The van der Waals surface area contributed by atoms with Crippen LogP contribution < -0.4 is 4.74 Å². The normalized spacial score (nSPS) is 10.5. The average molecular weight is 349 g/mol. The molecule has 134 valence electrons. The number of carbonyl (C=O) groups excluding carboxylic acids is 2. The van der Waals surface area contributed by atoms with Crippen molar-refractivity contribution in [1.82, 2.24) is 4.98 Å². The molecule has 8 heteroatoms. The number of H-pyrrole nitrogens is 1. The van der Waals surface area contributed by atoms with E-state index >= 15 is 0 Å². The summed E-state index contributed by atoms with van der Waals surface area (Å²) in [5.41, 5.74) is 1.31. The van der Waals surface area contributed by atoms with Crippen molar-refractivity contribution >= 4 is 28.8 Å². The Bertz CT molecular complexity index is 822. The maximum absolute atomic E-state index is 11.7. The van der Waals surface area contributed by atoms with Gasteiger partial charge in [0.15, 0.2) is 0 Å². The van der Waals surface area contributed by atoms with Gasteiger partial charge in [-0.15, -0.1) is 0 Å². The second-order valence-corrected chi connectivity index (χ2v) is 5.36. The van der Waals surface area contributed by atoms with Crippen LogP contribution in [0.5, 0.6) is 5.75 Å². The van der Waals surface area contributed by atoms with Gasteiger partial charge >= 0.3 is 17.9 Å². The molecular weight excluding hydrogens is 330 g/mol. The molecule has 0 bridgehead atoms.